The first kappa shape index (κ1) is 18.6. The van der Waals surface area contributed by atoms with Gasteiger partial charge in [-0.3, -0.25) is 14.9 Å². The van der Waals surface area contributed by atoms with Gasteiger partial charge in [-0.25, -0.2) is 4.98 Å². The van der Waals surface area contributed by atoms with E-state index in [1.54, 1.807) is 6.92 Å². The Morgan fingerprint density at radius 1 is 1.27 bits per heavy atom. The van der Waals surface area contributed by atoms with Crippen molar-refractivity contribution in [1.29, 1.82) is 0 Å². The number of aromatic amines is 1. The largest absolute Gasteiger partial charge is 0.309 e. The summed E-state index contributed by atoms with van der Waals surface area (Å²) in [6.45, 7) is 6.32. The van der Waals surface area contributed by atoms with Crippen molar-refractivity contribution in [3.8, 4) is 0 Å². The van der Waals surface area contributed by atoms with Gasteiger partial charge in [-0.15, -0.1) is 21.5 Å². The minimum absolute atomic E-state index is 0.224. The third-order valence-corrected chi connectivity index (χ3v) is 6.00. The van der Waals surface area contributed by atoms with Crippen molar-refractivity contribution >= 4 is 43.9 Å². The summed E-state index contributed by atoms with van der Waals surface area (Å²) in [6.07, 6.45) is 0. The number of hydrogen-bond acceptors (Lipinski definition) is 8. The van der Waals surface area contributed by atoms with Crippen LogP contribution < -0.4 is 10.9 Å². The van der Waals surface area contributed by atoms with Gasteiger partial charge >= 0.3 is 0 Å². The molecule has 0 fully saturated rings. The third kappa shape index (κ3) is 3.67. The average molecular weight is 393 g/mol. The molecule has 0 saturated carbocycles. The number of hydrogen-bond donors (Lipinski definition) is 2. The summed E-state index contributed by atoms with van der Waals surface area (Å²) in [7, 11) is 3.80. The number of nitrogens with one attached hydrogen (secondary N) is 2. The van der Waals surface area contributed by atoms with E-state index in [2.05, 4.69) is 25.5 Å². The highest BCUT2D eigenvalue weighted by Crippen LogP contribution is 2.29. The van der Waals surface area contributed by atoms with Crippen molar-refractivity contribution in [3.63, 3.8) is 0 Å². The van der Waals surface area contributed by atoms with Crippen LogP contribution in [-0.4, -0.2) is 45.1 Å². The van der Waals surface area contributed by atoms with Crippen LogP contribution in [0.1, 0.15) is 45.8 Å². The van der Waals surface area contributed by atoms with Crippen LogP contribution in [0, 0.1) is 6.92 Å². The Balaban J connectivity index is 1.93. The quantitative estimate of drug-likeness (QED) is 0.692. The van der Waals surface area contributed by atoms with Crippen LogP contribution in [-0.2, 0) is 6.54 Å². The lowest BCUT2D eigenvalue weighted by molar-refractivity contribution is 0.103. The van der Waals surface area contributed by atoms with E-state index in [9.17, 15) is 9.59 Å². The molecule has 3 rings (SSSR count). The van der Waals surface area contributed by atoms with Crippen LogP contribution in [0.2, 0.25) is 0 Å². The highest BCUT2D eigenvalue weighted by atomic mass is 32.1. The normalized spacial score (nSPS) is 11.7. The first-order chi connectivity index (χ1) is 12.3. The Hall–Kier alpha value is -2.17. The van der Waals surface area contributed by atoms with Crippen LogP contribution in [0.5, 0.6) is 0 Å². The molecule has 0 aliphatic carbocycles. The first-order valence-electron chi connectivity index (χ1n) is 8.08. The fourth-order valence-corrected chi connectivity index (χ4v) is 4.29. The molecule has 0 radical (unpaired) electrons. The number of carbonyl (C=O) groups excluding carboxylic acids is 1. The van der Waals surface area contributed by atoms with E-state index in [-0.39, 0.29) is 17.4 Å². The van der Waals surface area contributed by atoms with Crippen molar-refractivity contribution in [3.05, 3.63) is 31.6 Å². The summed E-state index contributed by atoms with van der Waals surface area (Å²) in [5.74, 6) is 0.527. The number of aromatic nitrogens is 4. The Morgan fingerprint density at radius 2 is 2.00 bits per heavy atom. The van der Waals surface area contributed by atoms with E-state index < -0.39 is 0 Å². The van der Waals surface area contributed by atoms with E-state index in [4.69, 9.17) is 0 Å². The number of aryl methyl sites for hydroxylation is 1. The van der Waals surface area contributed by atoms with Crippen LogP contribution in [0.15, 0.2) is 4.79 Å². The van der Waals surface area contributed by atoms with Gasteiger partial charge in [-0.1, -0.05) is 25.2 Å². The summed E-state index contributed by atoms with van der Waals surface area (Å²) >= 11 is 2.57. The second-order valence-electron chi connectivity index (χ2n) is 6.54. The molecule has 0 spiro atoms. The zero-order valence-electron chi connectivity index (χ0n) is 15.2. The second kappa shape index (κ2) is 7.22. The lowest BCUT2D eigenvalue weighted by Gasteiger charge is -2.07. The zero-order chi connectivity index (χ0) is 19.0. The van der Waals surface area contributed by atoms with Crippen LogP contribution >= 0.6 is 22.7 Å². The lowest BCUT2D eigenvalue weighted by Crippen LogP contribution is -2.18. The van der Waals surface area contributed by atoms with E-state index in [1.165, 1.54) is 22.7 Å². The van der Waals surface area contributed by atoms with Gasteiger partial charge in [0.25, 0.3) is 11.5 Å². The molecule has 8 nitrogen and oxygen atoms in total. The topological polar surface area (TPSA) is 104 Å². The molecular formula is C16H20N6O2S2. The van der Waals surface area contributed by atoms with Gasteiger partial charge in [0.05, 0.1) is 16.8 Å². The molecule has 10 heteroatoms. The summed E-state index contributed by atoms with van der Waals surface area (Å²) in [6, 6.07) is 0. The molecule has 3 aromatic rings. The summed E-state index contributed by atoms with van der Waals surface area (Å²) < 4.78 is 0. The molecule has 0 saturated heterocycles. The maximum Gasteiger partial charge on any atom is 0.267 e. The van der Waals surface area contributed by atoms with Gasteiger partial charge in [0.1, 0.15) is 15.7 Å². The molecule has 138 valence electrons. The smallest absolute Gasteiger partial charge is 0.267 e. The van der Waals surface area contributed by atoms with Crippen LogP contribution in [0.25, 0.3) is 10.2 Å². The minimum Gasteiger partial charge on any atom is -0.309 e. The SMILES string of the molecule is Cc1c(C(=O)Nc2nnc(C(C)C)s2)sc2nc(CN(C)C)[nH]c(=O)c12. The number of rotatable bonds is 5. The summed E-state index contributed by atoms with van der Waals surface area (Å²) in [5.41, 5.74) is 0.402. The average Bonchev–Trinajstić information content (AvgIpc) is 3.11. The monoisotopic (exact) mass is 392 g/mol. The Morgan fingerprint density at radius 3 is 2.62 bits per heavy atom. The first-order valence-corrected chi connectivity index (χ1v) is 9.71. The van der Waals surface area contributed by atoms with Crippen LogP contribution in [0.3, 0.4) is 0 Å². The fraction of sp³-hybridized carbons (Fsp3) is 0.438. The lowest BCUT2D eigenvalue weighted by atomic mass is 10.2. The predicted octanol–water partition coefficient (Wildman–Crippen LogP) is 2.58. The number of thiophene rings is 1. The molecule has 0 aromatic carbocycles. The second-order valence-corrected chi connectivity index (χ2v) is 8.55. The summed E-state index contributed by atoms with van der Waals surface area (Å²) in [5, 5.41) is 12.6. The number of nitrogens with zero attached hydrogens (tertiary/aromatic N) is 4. The Labute approximate surface area is 158 Å². The van der Waals surface area contributed by atoms with Gasteiger partial charge < -0.3 is 9.88 Å². The molecular weight excluding hydrogens is 372 g/mol. The van der Waals surface area contributed by atoms with Crippen LogP contribution in [0.4, 0.5) is 5.13 Å². The molecule has 1 amide bonds. The van der Waals surface area contributed by atoms with Gasteiger partial charge in [0.2, 0.25) is 5.13 Å². The molecule has 0 aliphatic heterocycles. The maximum absolute atomic E-state index is 12.6. The van der Waals surface area contributed by atoms with Gasteiger partial charge in [-0.2, -0.15) is 0 Å². The highest BCUT2D eigenvalue weighted by molar-refractivity contribution is 7.21. The molecule has 2 N–H and O–H groups in total. The van der Waals surface area contributed by atoms with E-state index in [1.807, 2.05) is 32.8 Å². The standard InChI is InChI=1S/C16H20N6O2S2/c1-7(2)14-20-21-16(26-14)19-13(24)11-8(3)10-12(23)17-9(6-22(4)5)18-15(10)25-11/h7H,6H2,1-5H3,(H,17,18,23)(H,19,21,24). The molecule has 0 aliphatic rings. The Bertz CT molecular complexity index is 1020. The van der Waals surface area contributed by atoms with Crippen molar-refractivity contribution in [1.82, 2.24) is 25.1 Å². The summed E-state index contributed by atoms with van der Waals surface area (Å²) in [4.78, 5) is 35.3. The number of carbonyl (C=O) groups is 1. The fourth-order valence-electron chi connectivity index (χ4n) is 2.45. The molecule has 3 heterocycles. The van der Waals surface area contributed by atoms with Gasteiger partial charge in [0, 0.05) is 5.92 Å². The molecule has 3 aromatic heterocycles. The predicted molar refractivity (Wildman–Crippen MR) is 104 cm³/mol. The van der Waals surface area contributed by atoms with Crippen molar-refractivity contribution in [2.75, 3.05) is 19.4 Å². The number of H-pyrrole nitrogens is 1. The third-order valence-electron chi connectivity index (χ3n) is 3.68. The maximum atomic E-state index is 12.6. The Kier molecular flexibility index (Phi) is 5.17. The zero-order valence-corrected chi connectivity index (χ0v) is 16.8. The molecule has 0 unspecified atom stereocenters. The number of anilines is 1. The van der Waals surface area contributed by atoms with Gasteiger partial charge in [0.15, 0.2) is 0 Å². The number of fused-ring (bicyclic) bond motifs is 1. The molecule has 26 heavy (non-hydrogen) atoms. The van der Waals surface area contributed by atoms with E-state index >= 15 is 0 Å². The number of amides is 1. The molecule has 0 atom stereocenters. The molecule has 0 bridgehead atoms. The van der Waals surface area contributed by atoms with Crippen molar-refractivity contribution in [2.24, 2.45) is 0 Å². The van der Waals surface area contributed by atoms with E-state index in [0.717, 1.165) is 5.01 Å². The minimum atomic E-state index is -0.300. The van der Waals surface area contributed by atoms with Gasteiger partial charge in [-0.05, 0) is 26.6 Å². The highest BCUT2D eigenvalue weighted by Gasteiger charge is 2.21. The van der Waals surface area contributed by atoms with Crippen molar-refractivity contribution < 1.29 is 4.79 Å². The van der Waals surface area contributed by atoms with Crippen molar-refractivity contribution in [2.45, 2.75) is 33.2 Å². The van der Waals surface area contributed by atoms with E-state index in [0.29, 0.717) is 38.2 Å².